The van der Waals surface area contributed by atoms with Crippen molar-refractivity contribution in [3.63, 3.8) is 0 Å². The van der Waals surface area contributed by atoms with Crippen LogP contribution in [0, 0.1) is 0 Å². The summed E-state index contributed by atoms with van der Waals surface area (Å²) in [6.45, 7) is 7.99. The van der Waals surface area contributed by atoms with Gasteiger partial charge in [-0.25, -0.2) is 0 Å². The van der Waals surface area contributed by atoms with Crippen LogP contribution in [0.5, 0.6) is 0 Å². The van der Waals surface area contributed by atoms with Gasteiger partial charge in [-0.15, -0.1) is 0 Å². The maximum absolute atomic E-state index is 5.64. The fraction of sp³-hybridized carbons (Fsp3) is 1.00. The Hall–Kier alpha value is 0.137. The predicted octanol–water partition coefficient (Wildman–Crippen LogP) is 5.47. The lowest BCUT2D eigenvalue weighted by atomic mass is 10.1. The molecule has 0 aromatic heterocycles. The lowest BCUT2D eigenvalue weighted by Crippen LogP contribution is -2.22. The van der Waals surface area contributed by atoms with Crippen LogP contribution in [0.25, 0.3) is 0 Å². The zero-order valence-corrected chi connectivity index (χ0v) is 14.5. The Balaban J connectivity index is 3.20. The molecule has 0 unspecified atom stereocenters. The second-order valence-corrected chi connectivity index (χ2v) is 6.99. The molecule has 115 valence electrons. The van der Waals surface area contributed by atoms with E-state index >= 15 is 0 Å². The zero-order chi connectivity index (χ0) is 14.2. The zero-order valence-electron chi connectivity index (χ0n) is 13.5. The third-order valence-corrected chi connectivity index (χ3v) is 5.33. The number of hydrogen-bond donors (Lipinski definition) is 0. The molecule has 0 heterocycles. The van der Waals surface area contributed by atoms with Crippen molar-refractivity contribution in [2.45, 2.75) is 91.0 Å². The first kappa shape index (κ1) is 19.1. The molecule has 2 nitrogen and oxygen atoms in total. The van der Waals surface area contributed by atoms with Gasteiger partial charge >= 0.3 is 9.28 Å². The van der Waals surface area contributed by atoms with Crippen LogP contribution in [0.1, 0.15) is 85.0 Å². The quantitative estimate of drug-likeness (QED) is 0.294. The van der Waals surface area contributed by atoms with E-state index in [4.69, 9.17) is 8.85 Å². The van der Waals surface area contributed by atoms with Crippen molar-refractivity contribution in [1.82, 2.24) is 0 Å². The first-order valence-electron chi connectivity index (χ1n) is 8.46. The van der Waals surface area contributed by atoms with Crippen LogP contribution in [-0.2, 0) is 8.85 Å². The van der Waals surface area contributed by atoms with Gasteiger partial charge in [0.25, 0.3) is 0 Å². The number of unbranched alkanes of at least 4 members (excludes halogenated alkanes) is 9. The lowest BCUT2D eigenvalue weighted by Gasteiger charge is -2.12. The van der Waals surface area contributed by atoms with E-state index in [1.54, 1.807) is 0 Å². The highest BCUT2D eigenvalue weighted by molar-refractivity contribution is 6.44. The minimum absolute atomic E-state index is 0.798. The van der Waals surface area contributed by atoms with Crippen molar-refractivity contribution < 1.29 is 8.85 Å². The molecule has 0 atom stereocenters. The Morgan fingerprint density at radius 3 is 1.42 bits per heavy atom. The molecule has 3 heteroatoms. The Kier molecular flexibility index (Phi) is 16.3. The van der Waals surface area contributed by atoms with E-state index < -0.39 is 9.28 Å². The van der Waals surface area contributed by atoms with Crippen LogP contribution in [0.4, 0.5) is 0 Å². The molecule has 0 rings (SSSR count). The summed E-state index contributed by atoms with van der Waals surface area (Å²) in [6.07, 6.45) is 13.9. The molecule has 0 saturated heterocycles. The molecule has 0 aliphatic rings. The lowest BCUT2D eigenvalue weighted by molar-refractivity contribution is 0.212. The maximum atomic E-state index is 5.64. The van der Waals surface area contributed by atoms with Crippen molar-refractivity contribution in [3.05, 3.63) is 0 Å². The number of hydrogen-bond acceptors (Lipinski definition) is 2. The highest BCUT2D eigenvalue weighted by Crippen LogP contribution is 2.12. The topological polar surface area (TPSA) is 18.5 Å². The molecule has 0 N–H and O–H groups in total. The van der Waals surface area contributed by atoms with Gasteiger partial charge in [-0.05, 0) is 19.9 Å². The monoisotopic (exact) mass is 287 g/mol. The average molecular weight is 288 g/mol. The van der Waals surface area contributed by atoms with E-state index in [-0.39, 0.29) is 0 Å². The van der Waals surface area contributed by atoms with Crippen LogP contribution >= 0.6 is 0 Å². The number of rotatable bonds is 15. The molecule has 0 aromatic rings. The first-order chi connectivity index (χ1) is 9.35. The second kappa shape index (κ2) is 16.2. The predicted molar refractivity (Wildman–Crippen MR) is 85.7 cm³/mol. The molecular formula is C16H35O2Si. The molecule has 0 bridgehead atoms. The van der Waals surface area contributed by atoms with Gasteiger partial charge in [0.15, 0.2) is 0 Å². The largest absolute Gasteiger partial charge is 0.394 e. The van der Waals surface area contributed by atoms with Gasteiger partial charge in [0.1, 0.15) is 0 Å². The summed E-state index contributed by atoms with van der Waals surface area (Å²) in [6, 6.07) is 1.16. The Labute approximate surface area is 123 Å². The minimum atomic E-state index is -0.954. The average Bonchev–Trinajstić information content (AvgIpc) is 2.41. The summed E-state index contributed by atoms with van der Waals surface area (Å²) in [4.78, 5) is 0. The van der Waals surface area contributed by atoms with E-state index in [0.29, 0.717) is 0 Å². The molecule has 0 aliphatic carbocycles. The van der Waals surface area contributed by atoms with E-state index in [1.165, 1.54) is 64.2 Å². The summed E-state index contributed by atoms with van der Waals surface area (Å²) in [5.74, 6) is 0. The van der Waals surface area contributed by atoms with Gasteiger partial charge in [-0.2, -0.15) is 0 Å². The van der Waals surface area contributed by atoms with Crippen molar-refractivity contribution in [1.29, 1.82) is 0 Å². The molecule has 1 radical (unpaired) electrons. The van der Waals surface area contributed by atoms with E-state index in [0.717, 1.165) is 19.3 Å². The van der Waals surface area contributed by atoms with Crippen LogP contribution < -0.4 is 0 Å². The van der Waals surface area contributed by atoms with Crippen LogP contribution in [0.2, 0.25) is 6.04 Å². The molecular weight excluding hydrogens is 252 g/mol. The Morgan fingerprint density at radius 1 is 0.579 bits per heavy atom. The summed E-state index contributed by atoms with van der Waals surface area (Å²) in [7, 11) is -0.954. The van der Waals surface area contributed by atoms with Gasteiger partial charge in [0, 0.05) is 13.2 Å². The summed E-state index contributed by atoms with van der Waals surface area (Å²) in [5, 5.41) is 0. The van der Waals surface area contributed by atoms with E-state index in [1.807, 2.05) is 0 Å². The highest BCUT2D eigenvalue weighted by Gasteiger charge is 2.13. The van der Waals surface area contributed by atoms with Gasteiger partial charge in [0.2, 0.25) is 0 Å². The summed E-state index contributed by atoms with van der Waals surface area (Å²) >= 11 is 0. The van der Waals surface area contributed by atoms with Crippen molar-refractivity contribution in [2.24, 2.45) is 0 Å². The van der Waals surface area contributed by atoms with Crippen molar-refractivity contribution in [3.8, 4) is 0 Å². The molecule has 19 heavy (non-hydrogen) atoms. The third-order valence-electron chi connectivity index (χ3n) is 3.35. The molecule has 0 aliphatic heterocycles. The summed E-state index contributed by atoms with van der Waals surface area (Å²) < 4.78 is 11.3. The van der Waals surface area contributed by atoms with Crippen molar-refractivity contribution in [2.75, 3.05) is 13.2 Å². The Bertz CT molecular complexity index is 159. The van der Waals surface area contributed by atoms with Crippen molar-refractivity contribution >= 4 is 9.28 Å². The van der Waals surface area contributed by atoms with E-state index in [2.05, 4.69) is 20.8 Å². The molecule has 0 amide bonds. The highest BCUT2D eigenvalue weighted by atomic mass is 28.3. The fourth-order valence-electron chi connectivity index (χ4n) is 2.26. The first-order valence-corrected chi connectivity index (χ1v) is 9.98. The molecule has 0 saturated carbocycles. The van der Waals surface area contributed by atoms with Crippen LogP contribution in [0.3, 0.4) is 0 Å². The Morgan fingerprint density at radius 2 is 1.00 bits per heavy atom. The SMILES string of the molecule is CCCCCCCCCCCC[Si](OCC)OCC. The minimum Gasteiger partial charge on any atom is -0.394 e. The maximum Gasteiger partial charge on any atom is 0.384 e. The molecule has 0 aromatic carbocycles. The van der Waals surface area contributed by atoms with Gasteiger partial charge in [-0.3, -0.25) is 0 Å². The molecule has 0 spiro atoms. The third kappa shape index (κ3) is 14.4. The standard InChI is InChI=1S/C16H35O2Si/c1-4-7-8-9-10-11-12-13-14-15-16-19(17-5-2)18-6-3/h4-16H2,1-3H3. The van der Waals surface area contributed by atoms with Crippen LogP contribution in [-0.4, -0.2) is 22.5 Å². The fourth-order valence-corrected chi connectivity index (χ4v) is 3.82. The van der Waals surface area contributed by atoms with E-state index in [9.17, 15) is 0 Å². The van der Waals surface area contributed by atoms with Gasteiger partial charge in [-0.1, -0.05) is 71.1 Å². The molecule has 0 fully saturated rings. The van der Waals surface area contributed by atoms with Gasteiger partial charge < -0.3 is 8.85 Å². The second-order valence-electron chi connectivity index (χ2n) is 5.17. The van der Waals surface area contributed by atoms with Gasteiger partial charge in [0.05, 0.1) is 0 Å². The smallest absolute Gasteiger partial charge is 0.384 e. The normalized spacial score (nSPS) is 11.4. The summed E-state index contributed by atoms with van der Waals surface area (Å²) in [5.41, 5.74) is 0. The van der Waals surface area contributed by atoms with Crippen LogP contribution in [0.15, 0.2) is 0 Å².